The van der Waals surface area contributed by atoms with Gasteiger partial charge in [0.2, 0.25) is 10.0 Å². The van der Waals surface area contributed by atoms with Crippen LogP contribution in [0.2, 0.25) is 0 Å². The summed E-state index contributed by atoms with van der Waals surface area (Å²) in [6, 6.07) is 6.24. The lowest BCUT2D eigenvalue weighted by molar-refractivity contribution is -0.134. The number of likely N-dealkylation sites (tertiary alicyclic amines) is 1. The van der Waals surface area contributed by atoms with Crippen molar-refractivity contribution >= 4 is 15.9 Å². The summed E-state index contributed by atoms with van der Waals surface area (Å²) >= 11 is 0. The summed E-state index contributed by atoms with van der Waals surface area (Å²) in [5.41, 5.74) is 0. The molecule has 1 aliphatic heterocycles. The highest BCUT2D eigenvalue weighted by atomic mass is 32.2. The van der Waals surface area contributed by atoms with E-state index in [-0.39, 0.29) is 17.4 Å². The third-order valence-corrected chi connectivity index (χ3v) is 6.30. The van der Waals surface area contributed by atoms with Crippen molar-refractivity contribution in [2.24, 2.45) is 0 Å². The molecular formula is C17H26N2O4S. The third kappa shape index (κ3) is 4.48. The summed E-state index contributed by atoms with van der Waals surface area (Å²) in [5, 5.41) is 0. The van der Waals surface area contributed by atoms with E-state index in [2.05, 4.69) is 0 Å². The first-order valence-electron chi connectivity index (χ1n) is 8.49. The van der Waals surface area contributed by atoms with Crippen LogP contribution in [0.25, 0.3) is 0 Å². The monoisotopic (exact) mass is 354 g/mol. The average Bonchev–Trinajstić information content (AvgIpc) is 2.61. The lowest BCUT2D eigenvalue weighted by Crippen LogP contribution is -2.38. The van der Waals surface area contributed by atoms with Gasteiger partial charge in [-0.05, 0) is 43.5 Å². The SMILES string of the molecule is CCN(CC)S(=O)(=O)c1ccc(OCC(=O)N2CCCCC2)cc1. The minimum absolute atomic E-state index is 0.0118. The summed E-state index contributed by atoms with van der Waals surface area (Å²) in [5.74, 6) is 0.480. The molecule has 0 atom stereocenters. The van der Waals surface area contributed by atoms with Crippen LogP contribution in [-0.4, -0.2) is 56.3 Å². The topological polar surface area (TPSA) is 66.9 Å². The maximum absolute atomic E-state index is 12.4. The predicted molar refractivity (Wildman–Crippen MR) is 92.5 cm³/mol. The van der Waals surface area contributed by atoms with Crippen LogP contribution in [0.4, 0.5) is 0 Å². The smallest absolute Gasteiger partial charge is 0.260 e. The van der Waals surface area contributed by atoms with Crippen LogP contribution in [0.1, 0.15) is 33.1 Å². The molecule has 1 aromatic rings. The summed E-state index contributed by atoms with van der Waals surface area (Å²) in [4.78, 5) is 14.1. The zero-order valence-corrected chi connectivity index (χ0v) is 15.2. The number of piperidine rings is 1. The van der Waals surface area contributed by atoms with Gasteiger partial charge in [-0.25, -0.2) is 8.42 Å². The molecule has 7 heteroatoms. The third-order valence-electron chi connectivity index (χ3n) is 4.24. The molecule has 24 heavy (non-hydrogen) atoms. The highest BCUT2D eigenvalue weighted by molar-refractivity contribution is 7.89. The van der Waals surface area contributed by atoms with Gasteiger partial charge < -0.3 is 9.64 Å². The second-order valence-electron chi connectivity index (χ2n) is 5.79. The summed E-state index contributed by atoms with van der Waals surface area (Å²) in [6.45, 7) is 6.06. The molecule has 0 aliphatic carbocycles. The number of benzene rings is 1. The first kappa shape index (κ1) is 18.7. The van der Waals surface area contributed by atoms with Crippen molar-refractivity contribution in [3.63, 3.8) is 0 Å². The molecule has 1 aromatic carbocycles. The number of rotatable bonds is 7. The Kier molecular flexibility index (Phi) is 6.62. The van der Waals surface area contributed by atoms with E-state index in [0.717, 1.165) is 25.9 Å². The Hall–Kier alpha value is -1.60. The molecule has 0 bridgehead atoms. The van der Waals surface area contributed by atoms with Gasteiger partial charge in [-0.15, -0.1) is 0 Å². The Labute approximate surface area is 144 Å². The molecule has 0 aromatic heterocycles. The highest BCUT2D eigenvalue weighted by Crippen LogP contribution is 2.19. The number of amides is 1. The van der Waals surface area contributed by atoms with Crippen molar-refractivity contribution in [2.75, 3.05) is 32.8 Å². The zero-order chi connectivity index (χ0) is 17.6. The van der Waals surface area contributed by atoms with Crippen LogP contribution < -0.4 is 4.74 Å². The molecule has 0 spiro atoms. The number of ether oxygens (including phenoxy) is 1. The second kappa shape index (κ2) is 8.48. The number of carbonyl (C=O) groups is 1. The lowest BCUT2D eigenvalue weighted by atomic mass is 10.1. The molecule has 1 saturated heterocycles. The van der Waals surface area contributed by atoms with Crippen molar-refractivity contribution in [1.82, 2.24) is 9.21 Å². The maximum Gasteiger partial charge on any atom is 0.260 e. The van der Waals surface area contributed by atoms with Gasteiger partial charge in [0.1, 0.15) is 5.75 Å². The minimum atomic E-state index is -3.46. The van der Waals surface area contributed by atoms with Gasteiger partial charge in [0, 0.05) is 26.2 Å². The fourth-order valence-corrected chi connectivity index (χ4v) is 4.26. The first-order valence-corrected chi connectivity index (χ1v) is 9.93. The first-order chi connectivity index (χ1) is 11.5. The summed E-state index contributed by atoms with van der Waals surface area (Å²) < 4.78 is 31.7. The van der Waals surface area contributed by atoms with Gasteiger partial charge in [-0.3, -0.25) is 4.79 Å². The normalized spacial score (nSPS) is 15.5. The van der Waals surface area contributed by atoms with Crippen molar-refractivity contribution in [3.8, 4) is 5.75 Å². The lowest BCUT2D eigenvalue weighted by Gasteiger charge is -2.26. The van der Waals surface area contributed by atoms with E-state index in [4.69, 9.17) is 4.74 Å². The number of nitrogens with zero attached hydrogens (tertiary/aromatic N) is 2. The van der Waals surface area contributed by atoms with E-state index in [0.29, 0.717) is 18.8 Å². The van der Waals surface area contributed by atoms with Crippen molar-refractivity contribution < 1.29 is 17.9 Å². The average molecular weight is 354 g/mol. The standard InChI is InChI=1S/C17H26N2O4S/c1-3-19(4-2)24(21,22)16-10-8-15(9-11-16)23-14-17(20)18-12-6-5-7-13-18/h8-11H,3-7,12-14H2,1-2H3. The maximum atomic E-state index is 12.4. The van der Waals surface area contributed by atoms with Gasteiger partial charge >= 0.3 is 0 Å². The Morgan fingerprint density at radius 1 is 1.08 bits per heavy atom. The van der Waals surface area contributed by atoms with E-state index >= 15 is 0 Å². The van der Waals surface area contributed by atoms with Crippen LogP contribution in [0.15, 0.2) is 29.2 Å². The van der Waals surface area contributed by atoms with Gasteiger partial charge in [0.15, 0.2) is 6.61 Å². The predicted octanol–water partition coefficient (Wildman–Crippen LogP) is 2.11. The van der Waals surface area contributed by atoms with Crippen LogP contribution in [-0.2, 0) is 14.8 Å². The van der Waals surface area contributed by atoms with E-state index in [1.807, 2.05) is 18.7 Å². The summed E-state index contributed by atoms with van der Waals surface area (Å²) in [6.07, 6.45) is 3.26. The molecule has 0 saturated carbocycles. The second-order valence-corrected chi connectivity index (χ2v) is 7.73. The van der Waals surface area contributed by atoms with E-state index in [9.17, 15) is 13.2 Å². The molecule has 1 amide bonds. The molecule has 1 heterocycles. The van der Waals surface area contributed by atoms with E-state index in [1.165, 1.54) is 22.9 Å². The van der Waals surface area contributed by atoms with Crippen LogP contribution in [0.5, 0.6) is 5.75 Å². The summed E-state index contributed by atoms with van der Waals surface area (Å²) in [7, 11) is -3.46. The Morgan fingerprint density at radius 2 is 1.67 bits per heavy atom. The highest BCUT2D eigenvalue weighted by Gasteiger charge is 2.21. The quantitative estimate of drug-likeness (QED) is 0.752. The number of hydrogen-bond acceptors (Lipinski definition) is 4. The molecule has 6 nitrogen and oxygen atoms in total. The molecule has 0 N–H and O–H groups in total. The molecule has 1 aliphatic rings. The van der Waals surface area contributed by atoms with E-state index in [1.54, 1.807) is 12.1 Å². The van der Waals surface area contributed by atoms with Crippen LogP contribution in [0, 0.1) is 0 Å². The minimum Gasteiger partial charge on any atom is -0.484 e. The molecule has 0 radical (unpaired) electrons. The van der Waals surface area contributed by atoms with Crippen LogP contribution in [0.3, 0.4) is 0 Å². The van der Waals surface area contributed by atoms with Gasteiger partial charge in [0.05, 0.1) is 4.90 Å². The van der Waals surface area contributed by atoms with Gasteiger partial charge in [0.25, 0.3) is 5.91 Å². The van der Waals surface area contributed by atoms with Gasteiger partial charge in [-0.2, -0.15) is 4.31 Å². The van der Waals surface area contributed by atoms with E-state index < -0.39 is 10.0 Å². The Morgan fingerprint density at radius 3 is 2.21 bits per heavy atom. The molecule has 2 rings (SSSR count). The largest absolute Gasteiger partial charge is 0.484 e. The number of carbonyl (C=O) groups excluding carboxylic acids is 1. The Bertz CT molecular complexity index is 633. The molecule has 0 unspecified atom stereocenters. The van der Waals surface area contributed by atoms with Crippen molar-refractivity contribution in [2.45, 2.75) is 38.0 Å². The van der Waals surface area contributed by atoms with Gasteiger partial charge in [-0.1, -0.05) is 13.8 Å². The number of hydrogen-bond donors (Lipinski definition) is 0. The van der Waals surface area contributed by atoms with Crippen molar-refractivity contribution in [3.05, 3.63) is 24.3 Å². The fourth-order valence-electron chi connectivity index (χ4n) is 2.80. The fraction of sp³-hybridized carbons (Fsp3) is 0.588. The zero-order valence-electron chi connectivity index (χ0n) is 14.4. The van der Waals surface area contributed by atoms with Crippen LogP contribution >= 0.6 is 0 Å². The molecule has 1 fully saturated rings. The van der Waals surface area contributed by atoms with Crippen molar-refractivity contribution in [1.29, 1.82) is 0 Å². The Balaban J connectivity index is 1.95. The molecule has 134 valence electrons. The molecular weight excluding hydrogens is 328 g/mol. The number of sulfonamides is 1.